The molecule has 0 aromatic heterocycles. The van der Waals surface area contributed by atoms with Crippen molar-refractivity contribution in [2.75, 3.05) is 31.4 Å². The van der Waals surface area contributed by atoms with Crippen molar-refractivity contribution < 1.29 is 37.1 Å². The maximum absolute atomic E-state index is 13.8. The van der Waals surface area contributed by atoms with Crippen LogP contribution in [0, 0.1) is 5.92 Å². The molecule has 1 aliphatic carbocycles. The Morgan fingerprint density at radius 2 is 1.40 bits per heavy atom. The van der Waals surface area contributed by atoms with Crippen LogP contribution < -0.4 is 10.6 Å². The van der Waals surface area contributed by atoms with E-state index >= 15 is 0 Å². The highest BCUT2D eigenvalue weighted by Crippen LogP contribution is 2.32. The molecule has 53 heavy (non-hydrogen) atoms. The second-order valence-electron chi connectivity index (χ2n) is 12.7. The van der Waals surface area contributed by atoms with Crippen LogP contribution in [0.4, 0.5) is 11.4 Å². The maximum Gasteiger partial charge on any atom is 0.337 e. The van der Waals surface area contributed by atoms with Gasteiger partial charge in [-0.1, -0.05) is 48.9 Å². The molecule has 13 heteroatoms. The van der Waals surface area contributed by atoms with Crippen LogP contribution in [0.2, 0.25) is 5.02 Å². The first-order chi connectivity index (χ1) is 25.4. The topological polar surface area (TPSA) is 148 Å². The van der Waals surface area contributed by atoms with E-state index in [4.69, 9.17) is 21.1 Å². The number of carbonyl (C=O) groups is 4. The number of esters is 2. The average Bonchev–Trinajstić information content (AvgIpc) is 3.18. The summed E-state index contributed by atoms with van der Waals surface area (Å²) in [6.07, 6.45) is 3.61. The van der Waals surface area contributed by atoms with Crippen LogP contribution in [0.15, 0.2) is 95.9 Å². The Hall–Kier alpha value is -5.04. The Balaban J connectivity index is 1.23. The van der Waals surface area contributed by atoms with E-state index in [2.05, 4.69) is 10.6 Å². The molecule has 4 aromatic rings. The van der Waals surface area contributed by atoms with E-state index in [1.165, 1.54) is 54.9 Å². The van der Waals surface area contributed by atoms with Crippen molar-refractivity contribution in [3.8, 4) is 0 Å². The largest absolute Gasteiger partial charge is 0.469 e. The molecule has 4 aromatic carbocycles. The normalized spacial score (nSPS) is 15.7. The van der Waals surface area contributed by atoms with Crippen LogP contribution in [0.3, 0.4) is 0 Å². The number of rotatable bonds is 13. The highest BCUT2D eigenvalue weighted by molar-refractivity contribution is 7.89. The summed E-state index contributed by atoms with van der Waals surface area (Å²) in [5.41, 5.74) is 3.55. The fourth-order valence-electron chi connectivity index (χ4n) is 6.50. The number of halogens is 1. The van der Waals surface area contributed by atoms with Gasteiger partial charge in [0.25, 0.3) is 11.8 Å². The van der Waals surface area contributed by atoms with E-state index in [1.807, 2.05) is 24.3 Å². The van der Waals surface area contributed by atoms with Crippen molar-refractivity contribution in [3.05, 3.63) is 124 Å². The number of methoxy groups -OCH3 is 2. The Labute approximate surface area is 314 Å². The van der Waals surface area contributed by atoms with Gasteiger partial charge in [-0.15, -0.1) is 0 Å². The van der Waals surface area contributed by atoms with E-state index in [-0.39, 0.29) is 57.2 Å². The predicted molar refractivity (Wildman–Crippen MR) is 203 cm³/mol. The van der Waals surface area contributed by atoms with Gasteiger partial charge in [0.05, 0.1) is 41.8 Å². The first-order valence-electron chi connectivity index (χ1n) is 17.3. The number of hydrogen-bond donors (Lipinski definition) is 2. The van der Waals surface area contributed by atoms with Crippen LogP contribution >= 0.6 is 11.6 Å². The lowest BCUT2D eigenvalue weighted by molar-refractivity contribution is -0.146. The third kappa shape index (κ3) is 9.69. The lowest BCUT2D eigenvalue weighted by Crippen LogP contribution is -2.43. The monoisotopic (exact) mass is 759 g/mol. The first-order valence-corrected chi connectivity index (χ1v) is 19.1. The highest BCUT2D eigenvalue weighted by atomic mass is 35.5. The molecule has 0 heterocycles. The van der Waals surface area contributed by atoms with E-state index in [9.17, 15) is 27.6 Å². The second-order valence-corrected chi connectivity index (χ2v) is 15.1. The van der Waals surface area contributed by atoms with Crippen molar-refractivity contribution in [2.45, 2.75) is 56.4 Å². The third-order valence-electron chi connectivity index (χ3n) is 9.42. The first kappa shape index (κ1) is 39.2. The van der Waals surface area contributed by atoms with Gasteiger partial charge in [0.2, 0.25) is 10.0 Å². The van der Waals surface area contributed by atoms with E-state index in [0.717, 1.165) is 24.0 Å². The summed E-state index contributed by atoms with van der Waals surface area (Å²) in [5, 5.41) is 5.88. The summed E-state index contributed by atoms with van der Waals surface area (Å²) in [6, 6.07) is 24.6. The van der Waals surface area contributed by atoms with Gasteiger partial charge in [0, 0.05) is 28.9 Å². The molecule has 278 valence electrons. The maximum atomic E-state index is 13.8. The van der Waals surface area contributed by atoms with Crippen molar-refractivity contribution in [2.24, 2.45) is 5.92 Å². The molecule has 5 rings (SSSR count). The molecule has 0 spiro atoms. The van der Waals surface area contributed by atoms with Crippen LogP contribution in [-0.2, 0) is 37.1 Å². The van der Waals surface area contributed by atoms with E-state index < -0.39 is 21.8 Å². The molecule has 1 saturated carbocycles. The van der Waals surface area contributed by atoms with Gasteiger partial charge in [-0.25, -0.2) is 13.2 Å². The van der Waals surface area contributed by atoms with Crippen molar-refractivity contribution in [3.63, 3.8) is 0 Å². The molecule has 2 amide bonds. The van der Waals surface area contributed by atoms with E-state index in [0.29, 0.717) is 36.9 Å². The predicted octanol–water partition coefficient (Wildman–Crippen LogP) is 7.16. The number of ether oxygens (including phenoxy) is 2. The molecular weight excluding hydrogens is 718 g/mol. The van der Waals surface area contributed by atoms with Crippen molar-refractivity contribution in [1.29, 1.82) is 0 Å². The van der Waals surface area contributed by atoms with E-state index in [1.54, 1.807) is 37.3 Å². The minimum Gasteiger partial charge on any atom is -0.469 e. The summed E-state index contributed by atoms with van der Waals surface area (Å²) in [4.78, 5) is 50.6. The summed E-state index contributed by atoms with van der Waals surface area (Å²) in [6.45, 7) is 1.99. The zero-order chi connectivity index (χ0) is 38.1. The molecule has 0 atom stereocenters. The molecule has 0 unspecified atom stereocenters. The Morgan fingerprint density at radius 3 is 2.00 bits per heavy atom. The number of amides is 2. The molecule has 2 N–H and O–H groups in total. The Bertz CT molecular complexity index is 2060. The molecule has 0 bridgehead atoms. The van der Waals surface area contributed by atoms with Crippen LogP contribution in [-0.4, -0.2) is 63.3 Å². The quantitative estimate of drug-likeness (QED) is 0.137. The van der Waals surface area contributed by atoms with Gasteiger partial charge in [-0.05, 0) is 110 Å². The minimum atomic E-state index is -3.97. The van der Waals surface area contributed by atoms with Gasteiger partial charge in [0.1, 0.15) is 0 Å². The van der Waals surface area contributed by atoms with Gasteiger partial charge in [0.15, 0.2) is 0 Å². The number of benzene rings is 4. The Kier molecular flexibility index (Phi) is 13.0. The number of anilines is 2. The fraction of sp³-hybridized carbons (Fsp3) is 0.300. The van der Waals surface area contributed by atoms with Crippen molar-refractivity contribution in [1.82, 2.24) is 4.31 Å². The lowest BCUT2D eigenvalue weighted by Gasteiger charge is -2.34. The molecule has 11 nitrogen and oxygen atoms in total. The summed E-state index contributed by atoms with van der Waals surface area (Å²) < 4.78 is 38.7. The molecule has 1 aliphatic rings. The fourth-order valence-corrected chi connectivity index (χ4v) is 8.41. The SMILES string of the molecule is CCN(C1CCC(C(=O)OC)CC1)S(=O)(=O)c1cccc(C(=O)Nc2ccc(Cl)cc2C(=O)Nc2ccc(CCc3ccc(C(=O)OC)cc3)cc2)c1. The van der Waals surface area contributed by atoms with Gasteiger partial charge in [-0.3, -0.25) is 14.4 Å². The highest BCUT2D eigenvalue weighted by Gasteiger charge is 2.35. The van der Waals surface area contributed by atoms with Gasteiger partial charge in [-0.2, -0.15) is 4.31 Å². The number of nitrogens with one attached hydrogen (secondary N) is 2. The molecular formula is C40H42ClN3O8S. The molecule has 0 radical (unpaired) electrons. The number of nitrogens with zero attached hydrogens (tertiary/aromatic N) is 1. The number of sulfonamides is 1. The lowest BCUT2D eigenvalue weighted by atomic mass is 9.86. The number of hydrogen-bond acceptors (Lipinski definition) is 8. The van der Waals surface area contributed by atoms with Crippen molar-refractivity contribution >= 4 is 56.8 Å². The smallest absolute Gasteiger partial charge is 0.337 e. The third-order valence-corrected chi connectivity index (χ3v) is 11.7. The minimum absolute atomic E-state index is 0.0314. The average molecular weight is 760 g/mol. The van der Waals surface area contributed by atoms with Crippen LogP contribution in [0.1, 0.15) is 74.8 Å². The van der Waals surface area contributed by atoms with Crippen LogP contribution in [0.25, 0.3) is 0 Å². The summed E-state index contributed by atoms with van der Waals surface area (Å²) in [5.74, 6) is -2.01. The Morgan fingerprint density at radius 1 is 0.755 bits per heavy atom. The summed E-state index contributed by atoms with van der Waals surface area (Å²) >= 11 is 6.25. The zero-order valence-electron chi connectivity index (χ0n) is 29.8. The second kappa shape index (κ2) is 17.7. The molecule has 0 aliphatic heterocycles. The van der Waals surface area contributed by atoms with Gasteiger partial charge < -0.3 is 20.1 Å². The number of carbonyl (C=O) groups excluding carboxylic acids is 4. The number of aryl methyl sites for hydroxylation is 2. The van der Waals surface area contributed by atoms with Crippen LogP contribution in [0.5, 0.6) is 0 Å². The van der Waals surface area contributed by atoms with Gasteiger partial charge >= 0.3 is 11.9 Å². The summed E-state index contributed by atoms with van der Waals surface area (Å²) in [7, 11) is -1.27. The standard InChI is InChI=1S/C40H42ClN3O8S/c1-4-44(33-21-16-29(17-22-33)40(48)52-3)53(49,50)34-7-5-6-30(24-34)37(45)43-36-23-18-31(41)25-35(36)38(46)42-32-19-12-27(13-20-32)9-8-26-10-14-28(15-11-26)39(47)51-2/h5-7,10-15,18-20,23-25,29,33H,4,8-9,16-17,21-22H2,1-3H3,(H,42,46)(H,43,45). The molecule has 0 saturated heterocycles. The molecule has 1 fully saturated rings. The zero-order valence-corrected chi connectivity index (χ0v) is 31.3.